The molecule has 0 aliphatic carbocycles. The molecule has 1 heterocycles. The molecule has 2 rings (SSSR count). The van der Waals surface area contributed by atoms with E-state index >= 15 is 0 Å². The van der Waals surface area contributed by atoms with E-state index in [1.807, 2.05) is 20.0 Å². The summed E-state index contributed by atoms with van der Waals surface area (Å²) in [4.78, 5) is 0.408. The maximum absolute atomic E-state index is 12.0. The first-order valence-electron chi connectivity index (χ1n) is 5.37. The SMILES string of the molecule is CNC(C)CC1=CS(=O)(=O)c2cccc(Br)c21. The van der Waals surface area contributed by atoms with E-state index in [2.05, 4.69) is 21.2 Å². The van der Waals surface area contributed by atoms with Crippen molar-refractivity contribution in [3.05, 3.63) is 33.6 Å². The van der Waals surface area contributed by atoms with E-state index in [-0.39, 0.29) is 6.04 Å². The first kappa shape index (κ1) is 12.8. The van der Waals surface area contributed by atoms with Crippen LogP contribution in [-0.4, -0.2) is 21.5 Å². The van der Waals surface area contributed by atoms with Gasteiger partial charge in [0.2, 0.25) is 9.84 Å². The third-order valence-corrected chi connectivity index (χ3v) is 5.13. The standard InChI is InChI=1S/C12H14BrNO2S/c1-8(14-2)6-9-7-17(15,16)11-5-3-4-10(13)12(9)11/h3-5,7-8,14H,6H2,1-2H3. The second kappa shape index (κ2) is 4.55. The predicted molar refractivity (Wildman–Crippen MR) is 72.4 cm³/mol. The van der Waals surface area contributed by atoms with Gasteiger partial charge in [0.15, 0.2) is 0 Å². The average Bonchev–Trinajstić information content (AvgIpc) is 2.52. The van der Waals surface area contributed by atoms with Crippen LogP contribution >= 0.6 is 15.9 Å². The summed E-state index contributed by atoms with van der Waals surface area (Å²) < 4.78 is 24.8. The van der Waals surface area contributed by atoms with E-state index in [0.29, 0.717) is 11.3 Å². The third kappa shape index (κ3) is 2.32. The molecule has 92 valence electrons. The fraction of sp³-hybridized carbons (Fsp3) is 0.333. The lowest BCUT2D eigenvalue weighted by Crippen LogP contribution is -2.21. The van der Waals surface area contributed by atoms with Gasteiger partial charge in [-0.25, -0.2) is 8.42 Å². The van der Waals surface area contributed by atoms with Crippen LogP contribution in [0.3, 0.4) is 0 Å². The molecule has 1 aromatic carbocycles. The summed E-state index contributed by atoms with van der Waals surface area (Å²) in [5, 5.41) is 4.50. The lowest BCUT2D eigenvalue weighted by molar-refractivity contribution is 0.605. The van der Waals surface area contributed by atoms with Crippen molar-refractivity contribution >= 4 is 31.3 Å². The molecule has 1 N–H and O–H groups in total. The van der Waals surface area contributed by atoms with Crippen molar-refractivity contribution in [2.45, 2.75) is 24.3 Å². The highest BCUT2D eigenvalue weighted by molar-refractivity contribution is 9.10. The van der Waals surface area contributed by atoms with Crippen LogP contribution in [0.5, 0.6) is 0 Å². The molecule has 1 atom stereocenters. The third-order valence-electron chi connectivity index (χ3n) is 2.92. The number of hydrogen-bond acceptors (Lipinski definition) is 3. The van der Waals surface area contributed by atoms with Crippen LogP contribution in [0.1, 0.15) is 18.9 Å². The van der Waals surface area contributed by atoms with E-state index < -0.39 is 9.84 Å². The Balaban J connectivity index is 2.52. The van der Waals surface area contributed by atoms with E-state index in [1.165, 1.54) is 5.41 Å². The summed E-state index contributed by atoms with van der Waals surface area (Å²) >= 11 is 3.43. The molecule has 0 spiro atoms. The fourth-order valence-corrected chi connectivity index (χ4v) is 4.21. The van der Waals surface area contributed by atoms with Crippen LogP contribution in [0.2, 0.25) is 0 Å². The Bertz CT molecular complexity index is 578. The zero-order valence-electron chi connectivity index (χ0n) is 9.70. The number of nitrogens with one attached hydrogen (secondary N) is 1. The lowest BCUT2D eigenvalue weighted by atomic mass is 10.0. The Hall–Kier alpha value is -0.650. The highest BCUT2D eigenvalue weighted by atomic mass is 79.9. The average molecular weight is 316 g/mol. The van der Waals surface area contributed by atoms with Crippen LogP contribution in [0.25, 0.3) is 5.57 Å². The van der Waals surface area contributed by atoms with Gasteiger partial charge in [0.05, 0.1) is 4.90 Å². The van der Waals surface area contributed by atoms with Crippen molar-refractivity contribution in [1.29, 1.82) is 0 Å². The molecule has 5 heteroatoms. The van der Waals surface area contributed by atoms with Crippen molar-refractivity contribution in [1.82, 2.24) is 5.32 Å². The number of hydrogen-bond donors (Lipinski definition) is 1. The molecule has 3 nitrogen and oxygen atoms in total. The molecule has 0 saturated carbocycles. The Morgan fingerprint density at radius 3 is 2.76 bits per heavy atom. The Morgan fingerprint density at radius 1 is 1.41 bits per heavy atom. The zero-order valence-corrected chi connectivity index (χ0v) is 12.1. The quantitative estimate of drug-likeness (QED) is 0.932. The van der Waals surface area contributed by atoms with E-state index in [9.17, 15) is 8.42 Å². The summed E-state index contributed by atoms with van der Waals surface area (Å²) in [7, 11) is -1.38. The van der Waals surface area contributed by atoms with Gasteiger partial charge < -0.3 is 5.32 Å². The fourth-order valence-electron chi connectivity index (χ4n) is 1.94. The molecular formula is C12H14BrNO2S. The largest absolute Gasteiger partial charge is 0.317 e. The molecule has 0 aromatic heterocycles. The van der Waals surface area contributed by atoms with Gasteiger partial charge in [-0.3, -0.25) is 0 Å². The smallest absolute Gasteiger partial charge is 0.200 e. The highest BCUT2D eigenvalue weighted by Crippen LogP contribution is 2.40. The molecule has 0 fully saturated rings. The molecule has 1 unspecified atom stereocenters. The lowest BCUT2D eigenvalue weighted by Gasteiger charge is -2.12. The molecule has 1 aromatic rings. The minimum atomic E-state index is -3.25. The van der Waals surface area contributed by atoms with Gasteiger partial charge in [0.25, 0.3) is 0 Å². The van der Waals surface area contributed by atoms with Gasteiger partial charge in [-0.15, -0.1) is 0 Å². The van der Waals surface area contributed by atoms with Crippen LogP contribution in [-0.2, 0) is 9.84 Å². The van der Waals surface area contributed by atoms with Gasteiger partial charge in [-0.1, -0.05) is 22.0 Å². The molecule has 1 aliphatic rings. The molecule has 0 bridgehead atoms. The minimum absolute atomic E-state index is 0.245. The van der Waals surface area contributed by atoms with Gasteiger partial charge >= 0.3 is 0 Å². The monoisotopic (exact) mass is 315 g/mol. The molecule has 0 saturated heterocycles. The van der Waals surface area contributed by atoms with Crippen molar-refractivity contribution in [3.63, 3.8) is 0 Å². The number of benzene rings is 1. The number of fused-ring (bicyclic) bond motifs is 1. The summed E-state index contributed by atoms with van der Waals surface area (Å²) in [5.41, 5.74) is 1.68. The van der Waals surface area contributed by atoms with Crippen molar-refractivity contribution in [2.24, 2.45) is 0 Å². The van der Waals surface area contributed by atoms with Crippen LogP contribution in [0, 0.1) is 0 Å². The normalized spacial score (nSPS) is 18.6. The van der Waals surface area contributed by atoms with Gasteiger partial charge in [-0.05, 0) is 38.1 Å². The van der Waals surface area contributed by atoms with Crippen molar-refractivity contribution in [2.75, 3.05) is 7.05 Å². The van der Waals surface area contributed by atoms with E-state index in [4.69, 9.17) is 0 Å². The Labute approximate surface area is 110 Å². The van der Waals surface area contributed by atoms with Gasteiger partial charge in [0, 0.05) is 21.5 Å². The van der Waals surface area contributed by atoms with E-state index in [0.717, 1.165) is 15.6 Å². The second-order valence-electron chi connectivity index (χ2n) is 4.19. The Morgan fingerprint density at radius 2 is 2.12 bits per heavy atom. The summed E-state index contributed by atoms with van der Waals surface area (Å²) in [5.74, 6) is 0. The van der Waals surface area contributed by atoms with Crippen molar-refractivity contribution < 1.29 is 8.42 Å². The Kier molecular flexibility index (Phi) is 3.43. The maximum atomic E-state index is 12.0. The van der Waals surface area contributed by atoms with Crippen LogP contribution in [0.15, 0.2) is 33.0 Å². The van der Waals surface area contributed by atoms with Gasteiger partial charge in [-0.2, -0.15) is 0 Å². The molecule has 17 heavy (non-hydrogen) atoms. The van der Waals surface area contributed by atoms with Gasteiger partial charge in [0.1, 0.15) is 0 Å². The number of sulfone groups is 1. The zero-order chi connectivity index (χ0) is 12.6. The van der Waals surface area contributed by atoms with Crippen molar-refractivity contribution in [3.8, 4) is 0 Å². The first-order chi connectivity index (χ1) is 7.95. The van der Waals surface area contributed by atoms with Crippen LogP contribution < -0.4 is 5.32 Å². The molecule has 0 radical (unpaired) electrons. The number of halogens is 1. The number of rotatable bonds is 3. The molecular weight excluding hydrogens is 302 g/mol. The summed E-state index contributed by atoms with van der Waals surface area (Å²) in [6.45, 7) is 2.03. The first-order valence-corrected chi connectivity index (χ1v) is 7.71. The highest BCUT2D eigenvalue weighted by Gasteiger charge is 2.28. The molecule has 1 aliphatic heterocycles. The second-order valence-corrected chi connectivity index (χ2v) is 6.81. The summed E-state index contributed by atoms with van der Waals surface area (Å²) in [6.07, 6.45) is 0.700. The van der Waals surface area contributed by atoms with Crippen LogP contribution in [0.4, 0.5) is 0 Å². The maximum Gasteiger partial charge on any atom is 0.200 e. The molecule has 0 amide bonds. The predicted octanol–water partition coefficient (Wildman–Crippen LogP) is 2.58. The minimum Gasteiger partial charge on any atom is -0.317 e. The summed E-state index contributed by atoms with van der Waals surface area (Å²) in [6, 6.07) is 5.52. The van der Waals surface area contributed by atoms with E-state index in [1.54, 1.807) is 12.1 Å². The topological polar surface area (TPSA) is 46.2 Å².